The van der Waals surface area contributed by atoms with Crippen LogP contribution in [0.15, 0.2) is 30.3 Å². The van der Waals surface area contributed by atoms with Crippen molar-refractivity contribution in [1.29, 1.82) is 0 Å². The summed E-state index contributed by atoms with van der Waals surface area (Å²) in [6, 6.07) is 10.1. The van der Waals surface area contributed by atoms with E-state index in [9.17, 15) is 4.79 Å². The number of hydrogen-bond acceptors (Lipinski definition) is 3. The minimum Gasteiger partial charge on any atom is -0.376 e. The van der Waals surface area contributed by atoms with Crippen LogP contribution in [-0.4, -0.2) is 54.6 Å². The summed E-state index contributed by atoms with van der Waals surface area (Å²) in [7, 11) is 0. The fourth-order valence-electron chi connectivity index (χ4n) is 2.51. The fourth-order valence-corrected chi connectivity index (χ4v) is 2.51. The van der Waals surface area contributed by atoms with Crippen molar-refractivity contribution < 1.29 is 9.53 Å². The maximum absolute atomic E-state index is 12.4. The minimum atomic E-state index is 0.199. The van der Waals surface area contributed by atoms with E-state index < -0.39 is 0 Å². The second-order valence-corrected chi connectivity index (χ2v) is 5.31. The summed E-state index contributed by atoms with van der Waals surface area (Å²) in [5, 5.41) is 0. The Morgan fingerprint density at radius 3 is 2.80 bits per heavy atom. The van der Waals surface area contributed by atoms with Crippen LogP contribution in [0.2, 0.25) is 0 Å². The van der Waals surface area contributed by atoms with Gasteiger partial charge in [0.1, 0.15) is 0 Å². The molecule has 1 saturated heterocycles. The Kier molecular flexibility index (Phi) is 5.56. The zero-order valence-corrected chi connectivity index (χ0v) is 12.4. The molecule has 1 unspecified atom stereocenters. The summed E-state index contributed by atoms with van der Waals surface area (Å²) in [5.74, 6) is 0.199. The molecule has 0 aromatic heterocycles. The molecule has 1 fully saturated rings. The van der Waals surface area contributed by atoms with Gasteiger partial charge in [0.25, 0.3) is 0 Å². The van der Waals surface area contributed by atoms with Crippen molar-refractivity contribution in [2.45, 2.75) is 26.5 Å². The van der Waals surface area contributed by atoms with E-state index in [4.69, 9.17) is 4.74 Å². The van der Waals surface area contributed by atoms with Gasteiger partial charge in [0.15, 0.2) is 0 Å². The third-order valence-electron chi connectivity index (χ3n) is 3.63. The number of morpholine rings is 1. The Bertz CT molecular complexity index is 422. The summed E-state index contributed by atoms with van der Waals surface area (Å²) in [5.41, 5.74) is 1.18. The van der Waals surface area contributed by atoms with Crippen molar-refractivity contribution in [3.05, 3.63) is 35.9 Å². The molecule has 1 amide bonds. The first-order valence-corrected chi connectivity index (χ1v) is 7.34. The first kappa shape index (κ1) is 15.0. The van der Waals surface area contributed by atoms with E-state index in [0.717, 1.165) is 26.2 Å². The fraction of sp³-hybridized carbons (Fsp3) is 0.562. The van der Waals surface area contributed by atoms with E-state index in [1.54, 1.807) is 0 Å². The van der Waals surface area contributed by atoms with Gasteiger partial charge < -0.3 is 9.64 Å². The average molecular weight is 276 g/mol. The highest BCUT2D eigenvalue weighted by molar-refractivity contribution is 5.78. The summed E-state index contributed by atoms with van der Waals surface area (Å²) in [6.45, 7) is 8.42. The van der Waals surface area contributed by atoms with Crippen LogP contribution in [0.4, 0.5) is 0 Å². The molecule has 0 radical (unpaired) electrons. The molecule has 1 heterocycles. The minimum absolute atomic E-state index is 0.199. The van der Waals surface area contributed by atoms with Gasteiger partial charge in [-0.2, -0.15) is 0 Å². The summed E-state index contributed by atoms with van der Waals surface area (Å²) >= 11 is 0. The molecule has 0 bridgehead atoms. The number of rotatable bonds is 5. The quantitative estimate of drug-likeness (QED) is 0.821. The molecule has 20 heavy (non-hydrogen) atoms. The molecule has 4 heteroatoms. The Hall–Kier alpha value is -1.39. The van der Waals surface area contributed by atoms with Crippen molar-refractivity contribution in [2.75, 3.05) is 32.8 Å². The van der Waals surface area contributed by atoms with Crippen LogP contribution in [0.1, 0.15) is 19.4 Å². The van der Waals surface area contributed by atoms with Gasteiger partial charge >= 0.3 is 0 Å². The van der Waals surface area contributed by atoms with Gasteiger partial charge in [0.05, 0.1) is 19.3 Å². The number of nitrogens with zero attached hydrogens (tertiary/aromatic N) is 2. The molecule has 2 rings (SSSR count). The summed E-state index contributed by atoms with van der Waals surface area (Å²) in [4.78, 5) is 16.5. The maximum atomic E-state index is 12.4. The van der Waals surface area contributed by atoms with Crippen molar-refractivity contribution in [3.8, 4) is 0 Å². The van der Waals surface area contributed by atoms with Crippen LogP contribution in [0.25, 0.3) is 0 Å². The van der Waals surface area contributed by atoms with Crippen LogP contribution in [0.5, 0.6) is 0 Å². The second-order valence-electron chi connectivity index (χ2n) is 5.31. The highest BCUT2D eigenvalue weighted by Crippen LogP contribution is 2.08. The molecule has 0 aliphatic carbocycles. The molecule has 0 N–H and O–H groups in total. The summed E-state index contributed by atoms with van der Waals surface area (Å²) in [6.07, 6.45) is 0.223. The lowest BCUT2D eigenvalue weighted by molar-refractivity contribution is -0.134. The van der Waals surface area contributed by atoms with E-state index in [0.29, 0.717) is 13.1 Å². The SMILES string of the molecule is CCN(Cc1ccccc1)C(=O)CN1CCOC(C)C1. The number of carbonyl (C=O) groups excluding carboxylic acids is 1. The monoisotopic (exact) mass is 276 g/mol. The smallest absolute Gasteiger partial charge is 0.237 e. The van der Waals surface area contributed by atoms with Gasteiger partial charge in [-0.05, 0) is 19.4 Å². The standard InChI is InChI=1S/C16H24N2O2/c1-3-18(12-15-7-5-4-6-8-15)16(19)13-17-9-10-20-14(2)11-17/h4-8,14H,3,9-13H2,1-2H3. The van der Waals surface area contributed by atoms with Gasteiger partial charge in [-0.3, -0.25) is 9.69 Å². The molecular weight excluding hydrogens is 252 g/mol. The first-order chi connectivity index (χ1) is 9.69. The third-order valence-corrected chi connectivity index (χ3v) is 3.63. The molecule has 1 aliphatic rings. The van der Waals surface area contributed by atoms with Gasteiger partial charge in [-0.1, -0.05) is 30.3 Å². The van der Waals surface area contributed by atoms with Crippen LogP contribution in [0, 0.1) is 0 Å². The van der Waals surface area contributed by atoms with E-state index in [1.807, 2.05) is 30.0 Å². The van der Waals surface area contributed by atoms with Crippen LogP contribution >= 0.6 is 0 Å². The van der Waals surface area contributed by atoms with Gasteiger partial charge in [0, 0.05) is 26.2 Å². The Morgan fingerprint density at radius 1 is 1.40 bits per heavy atom. The lowest BCUT2D eigenvalue weighted by Crippen LogP contribution is -2.47. The van der Waals surface area contributed by atoms with Crippen molar-refractivity contribution in [2.24, 2.45) is 0 Å². The number of ether oxygens (including phenoxy) is 1. The lowest BCUT2D eigenvalue weighted by Gasteiger charge is -2.32. The van der Waals surface area contributed by atoms with Gasteiger partial charge in [0.2, 0.25) is 5.91 Å². The average Bonchev–Trinajstić information content (AvgIpc) is 2.45. The van der Waals surface area contributed by atoms with E-state index >= 15 is 0 Å². The predicted octanol–water partition coefficient (Wildman–Crippen LogP) is 1.76. The van der Waals surface area contributed by atoms with Crippen LogP contribution in [0.3, 0.4) is 0 Å². The van der Waals surface area contributed by atoms with Crippen LogP contribution < -0.4 is 0 Å². The molecule has 0 saturated carbocycles. The third kappa shape index (κ3) is 4.32. The maximum Gasteiger partial charge on any atom is 0.237 e. The number of hydrogen-bond donors (Lipinski definition) is 0. The Balaban J connectivity index is 1.88. The van der Waals surface area contributed by atoms with Crippen LogP contribution in [-0.2, 0) is 16.1 Å². The normalized spacial score (nSPS) is 19.8. The molecule has 1 aromatic carbocycles. The molecule has 0 spiro atoms. The first-order valence-electron chi connectivity index (χ1n) is 7.34. The highest BCUT2D eigenvalue weighted by atomic mass is 16.5. The Morgan fingerprint density at radius 2 is 2.15 bits per heavy atom. The molecule has 1 atom stereocenters. The van der Waals surface area contributed by atoms with Gasteiger partial charge in [-0.25, -0.2) is 0 Å². The molecule has 1 aromatic rings. The number of likely N-dealkylation sites (N-methyl/N-ethyl adjacent to an activating group) is 1. The van der Waals surface area contributed by atoms with E-state index in [1.165, 1.54) is 5.56 Å². The van der Waals surface area contributed by atoms with Crippen molar-refractivity contribution in [1.82, 2.24) is 9.80 Å². The molecule has 4 nitrogen and oxygen atoms in total. The highest BCUT2D eigenvalue weighted by Gasteiger charge is 2.21. The number of benzene rings is 1. The lowest BCUT2D eigenvalue weighted by atomic mass is 10.2. The zero-order valence-electron chi connectivity index (χ0n) is 12.4. The largest absolute Gasteiger partial charge is 0.376 e. The molecular formula is C16H24N2O2. The topological polar surface area (TPSA) is 32.8 Å². The molecule has 1 aliphatic heterocycles. The second kappa shape index (κ2) is 7.41. The predicted molar refractivity (Wildman–Crippen MR) is 79.4 cm³/mol. The van der Waals surface area contributed by atoms with E-state index in [2.05, 4.69) is 24.0 Å². The van der Waals surface area contributed by atoms with E-state index in [-0.39, 0.29) is 12.0 Å². The summed E-state index contributed by atoms with van der Waals surface area (Å²) < 4.78 is 5.51. The Labute approximate surface area is 121 Å². The van der Waals surface area contributed by atoms with Crippen molar-refractivity contribution in [3.63, 3.8) is 0 Å². The molecule has 110 valence electrons. The van der Waals surface area contributed by atoms with Crippen molar-refractivity contribution >= 4 is 5.91 Å². The number of amides is 1. The van der Waals surface area contributed by atoms with Gasteiger partial charge in [-0.15, -0.1) is 0 Å². The zero-order chi connectivity index (χ0) is 14.4. The number of carbonyl (C=O) groups is 1.